The molecule has 3 nitrogen and oxygen atoms in total. The Bertz CT molecular complexity index is 1260. The Balaban J connectivity index is 1.23. The molecule has 2 N–H and O–H groups in total. The Hall–Kier alpha value is -2.27. The van der Waals surface area contributed by atoms with E-state index in [9.17, 15) is 15.0 Å². The number of hydrogen-bond acceptors (Lipinski definition) is 2. The van der Waals surface area contributed by atoms with Crippen molar-refractivity contribution < 1.29 is 23.8 Å². The Kier molecular flexibility index (Phi) is 7.15. The number of halogens is 2. The number of rotatable bonds is 6. The van der Waals surface area contributed by atoms with Gasteiger partial charge in [-0.05, 0) is 108 Å². The zero-order chi connectivity index (χ0) is 29.2. The number of aliphatic carboxylic acids is 1. The summed E-state index contributed by atoms with van der Waals surface area (Å²) in [6.45, 7) is 6.64. The van der Waals surface area contributed by atoms with E-state index in [4.69, 9.17) is 0 Å². The van der Waals surface area contributed by atoms with Gasteiger partial charge in [-0.1, -0.05) is 75.4 Å². The van der Waals surface area contributed by atoms with Crippen LogP contribution in [-0.4, -0.2) is 22.1 Å². The van der Waals surface area contributed by atoms with Crippen LogP contribution in [0.5, 0.6) is 0 Å². The van der Waals surface area contributed by atoms with Gasteiger partial charge >= 0.3 is 5.97 Å². The number of fused-ring (bicyclic) bond motifs is 5. The number of carboxylic acids is 1. The van der Waals surface area contributed by atoms with E-state index in [0.29, 0.717) is 25.2 Å². The second-order valence-corrected chi connectivity index (χ2v) is 14.7. The van der Waals surface area contributed by atoms with Gasteiger partial charge < -0.3 is 10.2 Å². The Labute approximate surface area is 243 Å². The van der Waals surface area contributed by atoms with Crippen molar-refractivity contribution >= 4 is 5.97 Å². The summed E-state index contributed by atoms with van der Waals surface area (Å²) in [5.41, 5.74) is 1.62. The second kappa shape index (κ2) is 10.2. The molecule has 9 atom stereocenters. The smallest absolute Gasteiger partial charge is 0.303 e. The van der Waals surface area contributed by atoms with Crippen LogP contribution in [0.3, 0.4) is 0 Å². The molecule has 4 aliphatic rings. The maximum Gasteiger partial charge on any atom is 0.303 e. The van der Waals surface area contributed by atoms with Gasteiger partial charge in [0.15, 0.2) is 0 Å². The predicted molar refractivity (Wildman–Crippen MR) is 157 cm³/mol. The van der Waals surface area contributed by atoms with E-state index in [-0.39, 0.29) is 47.3 Å². The lowest BCUT2D eigenvalue weighted by Gasteiger charge is -2.64. The molecule has 5 heteroatoms. The first-order chi connectivity index (χ1) is 19.4. The zero-order valence-electron chi connectivity index (χ0n) is 24.8. The van der Waals surface area contributed by atoms with E-state index in [2.05, 4.69) is 32.9 Å². The molecule has 0 aromatic heterocycles. The Morgan fingerprint density at radius 3 is 2.22 bits per heavy atom. The van der Waals surface area contributed by atoms with E-state index < -0.39 is 23.4 Å². The minimum Gasteiger partial charge on any atom is -0.481 e. The number of benzene rings is 2. The van der Waals surface area contributed by atoms with E-state index in [1.165, 1.54) is 0 Å². The van der Waals surface area contributed by atoms with Crippen LogP contribution in [0.1, 0.15) is 90.5 Å². The first-order valence-corrected chi connectivity index (χ1v) is 15.9. The van der Waals surface area contributed by atoms with Gasteiger partial charge in [0.2, 0.25) is 0 Å². The minimum atomic E-state index is -2.75. The molecule has 2 aromatic carbocycles. The molecule has 0 heterocycles. The molecule has 0 aliphatic heterocycles. The minimum absolute atomic E-state index is 0.0161. The van der Waals surface area contributed by atoms with Crippen molar-refractivity contribution in [3.8, 4) is 11.1 Å². The van der Waals surface area contributed by atoms with Crippen molar-refractivity contribution in [1.29, 1.82) is 0 Å². The molecule has 4 saturated carbocycles. The highest BCUT2D eigenvalue weighted by atomic mass is 19.3. The van der Waals surface area contributed by atoms with Gasteiger partial charge in [0, 0.05) is 18.8 Å². The maximum atomic E-state index is 16.4. The monoisotopic (exact) mass is 564 g/mol. The van der Waals surface area contributed by atoms with Crippen molar-refractivity contribution in [2.45, 2.75) is 96.5 Å². The fourth-order valence-electron chi connectivity index (χ4n) is 10.5. The fourth-order valence-corrected chi connectivity index (χ4v) is 10.5. The number of hydrogen-bond donors (Lipinski definition) is 2. The molecule has 41 heavy (non-hydrogen) atoms. The lowest BCUT2D eigenvalue weighted by Crippen LogP contribution is -2.61. The first-order valence-electron chi connectivity index (χ1n) is 15.9. The third kappa shape index (κ3) is 4.75. The fraction of sp³-hybridized carbons (Fsp3) is 0.639. The number of carboxylic acid groups (broad SMARTS) is 1. The standard InChI is InChI=1S/C36H46F2O3/c1-23(9-16-31(39)40)28-14-15-29-32-30(17-18-34(28,29)3)33(2)19-20-35(41,21-27(33)22-36(32,37)38)26-12-10-25(11-13-26)24-7-5-4-6-8-24/h4-8,10-13,23,27-30,32,41H,9,14-22H2,1-3H3,(H,39,40)/t23-,27+,28-,29+,30+,32+,33+,34-,35-/m1/s1. The molecule has 6 rings (SSSR count). The molecule has 0 saturated heterocycles. The van der Waals surface area contributed by atoms with Gasteiger partial charge in [0.1, 0.15) is 0 Å². The van der Waals surface area contributed by atoms with E-state index >= 15 is 8.78 Å². The third-order valence-electron chi connectivity index (χ3n) is 12.8. The first kappa shape index (κ1) is 28.8. The van der Waals surface area contributed by atoms with E-state index in [1.807, 2.05) is 42.5 Å². The average molecular weight is 565 g/mol. The molecule has 4 aliphatic carbocycles. The van der Waals surface area contributed by atoms with Gasteiger partial charge in [0.25, 0.3) is 5.92 Å². The van der Waals surface area contributed by atoms with Crippen molar-refractivity contribution in [1.82, 2.24) is 0 Å². The second-order valence-electron chi connectivity index (χ2n) is 14.7. The van der Waals surface area contributed by atoms with Crippen LogP contribution in [0.25, 0.3) is 11.1 Å². The highest BCUT2D eigenvalue weighted by molar-refractivity contribution is 5.66. The van der Waals surface area contributed by atoms with Crippen LogP contribution in [-0.2, 0) is 10.4 Å². The molecule has 0 bridgehead atoms. The SMILES string of the molecule is C[C@H](CCC(=O)O)[C@H]1CC[C@H]2[C@H]3[C@H](CC[C@]12C)[C@@]1(C)CC[C@](O)(c2ccc(-c4ccccc4)cc2)C[C@H]1CC3(F)F. The van der Waals surface area contributed by atoms with Gasteiger partial charge in [-0.3, -0.25) is 4.79 Å². The van der Waals surface area contributed by atoms with Gasteiger partial charge in [-0.15, -0.1) is 0 Å². The summed E-state index contributed by atoms with van der Waals surface area (Å²) in [6.07, 6.45) is 5.93. The van der Waals surface area contributed by atoms with Crippen LogP contribution in [0.4, 0.5) is 8.78 Å². The highest BCUT2D eigenvalue weighted by Gasteiger charge is 2.69. The van der Waals surface area contributed by atoms with Crippen molar-refractivity contribution in [2.75, 3.05) is 0 Å². The van der Waals surface area contributed by atoms with Crippen LogP contribution >= 0.6 is 0 Å². The normalized spacial score (nSPS) is 40.2. The molecule has 0 radical (unpaired) electrons. The summed E-state index contributed by atoms with van der Waals surface area (Å²) in [4.78, 5) is 11.2. The Morgan fingerprint density at radius 1 is 0.878 bits per heavy atom. The summed E-state index contributed by atoms with van der Waals surface area (Å²) >= 11 is 0. The van der Waals surface area contributed by atoms with Crippen LogP contribution in [0.2, 0.25) is 0 Å². The van der Waals surface area contributed by atoms with Crippen LogP contribution in [0.15, 0.2) is 54.6 Å². The summed E-state index contributed by atoms with van der Waals surface area (Å²) in [7, 11) is 0. The summed E-state index contributed by atoms with van der Waals surface area (Å²) in [6, 6.07) is 18.2. The molecule has 0 amide bonds. The molecular formula is C36H46F2O3. The Morgan fingerprint density at radius 2 is 1.54 bits per heavy atom. The lowest BCUT2D eigenvalue weighted by atomic mass is 9.42. The van der Waals surface area contributed by atoms with Gasteiger partial charge in [-0.2, -0.15) is 0 Å². The van der Waals surface area contributed by atoms with E-state index in [1.54, 1.807) is 0 Å². The topological polar surface area (TPSA) is 57.5 Å². The highest BCUT2D eigenvalue weighted by Crippen LogP contribution is 2.72. The quantitative estimate of drug-likeness (QED) is 0.368. The number of alkyl halides is 2. The largest absolute Gasteiger partial charge is 0.481 e. The average Bonchev–Trinajstić information content (AvgIpc) is 3.30. The van der Waals surface area contributed by atoms with Crippen LogP contribution < -0.4 is 0 Å². The maximum absolute atomic E-state index is 16.4. The van der Waals surface area contributed by atoms with Crippen molar-refractivity contribution in [3.05, 3.63) is 60.2 Å². The number of aliphatic hydroxyl groups is 1. The van der Waals surface area contributed by atoms with E-state index in [0.717, 1.165) is 48.8 Å². The summed E-state index contributed by atoms with van der Waals surface area (Å²) in [5.74, 6) is -3.87. The van der Waals surface area contributed by atoms with Gasteiger partial charge in [-0.25, -0.2) is 8.78 Å². The van der Waals surface area contributed by atoms with Crippen molar-refractivity contribution in [3.63, 3.8) is 0 Å². The predicted octanol–water partition coefficient (Wildman–Crippen LogP) is 8.95. The molecule has 2 aromatic rings. The molecule has 0 unspecified atom stereocenters. The number of carbonyl (C=O) groups is 1. The summed E-state index contributed by atoms with van der Waals surface area (Å²) in [5, 5.41) is 21.1. The van der Waals surface area contributed by atoms with Crippen molar-refractivity contribution in [2.24, 2.45) is 46.3 Å². The molecule has 0 spiro atoms. The molecular weight excluding hydrogens is 518 g/mol. The molecule has 4 fully saturated rings. The van der Waals surface area contributed by atoms with Crippen LogP contribution in [0, 0.1) is 46.3 Å². The zero-order valence-corrected chi connectivity index (χ0v) is 24.8. The van der Waals surface area contributed by atoms with Gasteiger partial charge in [0.05, 0.1) is 5.60 Å². The molecule has 222 valence electrons. The third-order valence-corrected chi connectivity index (χ3v) is 12.8. The lowest BCUT2D eigenvalue weighted by molar-refractivity contribution is -0.247. The summed E-state index contributed by atoms with van der Waals surface area (Å²) < 4.78 is 32.8.